The third-order valence-corrected chi connectivity index (χ3v) is 2.67. The maximum atomic E-state index is 12.2. The molecule has 19 heavy (non-hydrogen) atoms. The quantitative estimate of drug-likeness (QED) is 0.786. The van der Waals surface area contributed by atoms with Gasteiger partial charge in [-0.05, 0) is 37.8 Å². The molecule has 0 aliphatic rings. The first-order valence-electron chi connectivity index (χ1n) is 6.35. The number of carbonyl (C=O) groups excluding carboxylic acids is 1. The van der Waals surface area contributed by atoms with Crippen molar-refractivity contribution in [1.82, 2.24) is 5.32 Å². The Morgan fingerprint density at radius 3 is 2.00 bits per heavy atom. The maximum Gasteiger partial charge on any atom is 0.259 e. The summed E-state index contributed by atoms with van der Waals surface area (Å²) in [6, 6.07) is 4.25. The normalized spacial score (nSPS) is 12.3. The van der Waals surface area contributed by atoms with E-state index in [4.69, 9.17) is 0 Å². The highest BCUT2D eigenvalue weighted by Gasteiger charge is 2.29. The standard InChI is InChI=1S/C15H23NO3/c1-14(2,3)9-15(4,5)16-13(19)12-10(17)7-6-8-11(12)18/h6-8,17-18H,9H2,1-5H3,(H,16,19). The summed E-state index contributed by atoms with van der Waals surface area (Å²) in [6.07, 6.45) is 0.778. The van der Waals surface area contributed by atoms with Crippen LogP contribution in [0.1, 0.15) is 51.4 Å². The predicted octanol–water partition coefficient (Wildman–Crippen LogP) is 3.04. The van der Waals surface area contributed by atoms with Gasteiger partial charge in [0.05, 0.1) is 0 Å². The van der Waals surface area contributed by atoms with Gasteiger partial charge < -0.3 is 15.5 Å². The van der Waals surface area contributed by atoms with Gasteiger partial charge in [0, 0.05) is 5.54 Å². The fraction of sp³-hybridized carbons (Fsp3) is 0.533. The van der Waals surface area contributed by atoms with Crippen LogP contribution in [0.5, 0.6) is 11.5 Å². The highest BCUT2D eigenvalue weighted by Crippen LogP contribution is 2.30. The van der Waals surface area contributed by atoms with E-state index in [1.807, 2.05) is 13.8 Å². The van der Waals surface area contributed by atoms with Crippen LogP contribution in [0.2, 0.25) is 0 Å². The van der Waals surface area contributed by atoms with Crippen LogP contribution in [0.4, 0.5) is 0 Å². The predicted molar refractivity (Wildman–Crippen MR) is 75.4 cm³/mol. The number of hydrogen-bond acceptors (Lipinski definition) is 3. The number of benzene rings is 1. The van der Waals surface area contributed by atoms with Gasteiger partial charge in [0.25, 0.3) is 5.91 Å². The van der Waals surface area contributed by atoms with Crippen molar-refractivity contribution in [2.75, 3.05) is 0 Å². The van der Waals surface area contributed by atoms with Crippen molar-refractivity contribution in [3.05, 3.63) is 23.8 Å². The number of hydrogen-bond donors (Lipinski definition) is 3. The second kappa shape index (κ2) is 5.11. The van der Waals surface area contributed by atoms with E-state index in [-0.39, 0.29) is 22.5 Å². The second-order valence-corrected chi connectivity index (χ2v) is 6.75. The zero-order chi connectivity index (χ0) is 14.8. The summed E-state index contributed by atoms with van der Waals surface area (Å²) in [5.41, 5.74) is -0.439. The van der Waals surface area contributed by atoms with Crippen LogP contribution < -0.4 is 5.32 Å². The number of nitrogens with one attached hydrogen (secondary N) is 1. The molecule has 1 aromatic rings. The van der Waals surface area contributed by atoms with Crippen LogP contribution in [0, 0.1) is 5.41 Å². The molecule has 0 spiro atoms. The highest BCUT2D eigenvalue weighted by atomic mass is 16.3. The van der Waals surface area contributed by atoms with Gasteiger partial charge in [0.15, 0.2) is 0 Å². The molecule has 0 bridgehead atoms. The molecule has 1 rings (SSSR count). The van der Waals surface area contributed by atoms with Gasteiger partial charge in [-0.1, -0.05) is 26.8 Å². The van der Waals surface area contributed by atoms with Crippen LogP contribution in [0.3, 0.4) is 0 Å². The first-order chi connectivity index (χ1) is 8.52. The lowest BCUT2D eigenvalue weighted by Gasteiger charge is -2.33. The van der Waals surface area contributed by atoms with E-state index in [1.54, 1.807) is 0 Å². The van der Waals surface area contributed by atoms with Gasteiger partial charge in [0.1, 0.15) is 17.1 Å². The Morgan fingerprint density at radius 1 is 1.11 bits per heavy atom. The minimum absolute atomic E-state index is 0.0670. The van der Waals surface area contributed by atoms with Crippen molar-refractivity contribution < 1.29 is 15.0 Å². The third-order valence-electron chi connectivity index (χ3n) is 2.67. The summed E-state index contributed by atoms with van der Waals surface area (Å²) >= 11 is 0. The summed E-state index contributed by atoms with van der Waals surface area (Å²) in [7, 11) is 0. The Kier molecular flexibility index (Phi) is 4.13. The second-order valence-electron chi connectivity index (χ2n) is 6.75. The molecule has 106 valence electrons. The van der Waals surface area contributed by atoms with Gasteiger partial charge in [-0.25, -0.2) is 0 Å². The zero-order valence-corrected chi connectivity index (χ0v) is 12.2. The van der Waals surface area contributed by atoms with Gasteiger partial charge in [-0.3, -0.25) is 4.79 Å². The highest BCUT2D eigenvalue weighted by molar-refractivity contribution is 5.99. The van der Waals surface area contributed by atoms with E-state index < -0.39 is 11.4 Å². The molecule has 0 unspecified atom stereocenters. The summed E-state index contributed by atoms with van der Waals surface area (Å²) in [6.45, 7) is 10.1. The Morgan fingerprint density at radius 2 is 1.58 bits per heavy atom. The van der Waals surface area contributed by atoms with Gasteiger partial charge >= 0.3 is 0 Å². The Bertz CT molecular complexity index is 453. The smallest absolute Gasteiger partial charge is 0.259 e. The average molecular weight is 265 g/mol. The van der Waals surface area contributed by atoms with Crippen LogP contribution in [-0.2, 0) is 0 Å². The molecule has 1 aromatic carbocycles. The van der Waals surface area contributed by atoms with E-state index in [0.29, 0.717) is 0 Å². The molecular weight excluding hydrogens is 242 g/mol. The Labute approximate surface area is 114 Å². The maximum absolute atomic E-state index is 12.2. The molecule has 0 radical (unpaired) electrons. The molecule has 0 aliphatic carbocycles. The monoisotopic (exact) mass is 265 g/mol. The van der Waals surface area contributed by atoms with Crippen LogP contribution in [0.15, 0.2) is 18.2 Å². The summed E-state index contributed by atoms with van der Waals surface area (Å²) in [5.74, 6) is -0.905. The van der Waals surface area contributed by atoms with Gasteiger partial charge in [0.2, 0.25) is 0 Å². The number of phenolic OH excluding ortho intramolecular Hbond substituents is 2. The molecule has 0 heterocycles. The van der Waals surface area contributed by atoms with Crippen molar-refractivity contribution in [2.24, 2.45) is 5.41 Å². The van der Waals surface area contributed by atoms with Crippen molar-refractivity contribution >= 4 is 5.91 Å². The summed E-state index contributed by atoms with van der Waals surface area (Å²) < 4.78 is 0. The number of amides is 1. The lowest BCUT2D eigenvalue weighted by Crippen LogP contribution is -2.45. The van der Waals surface area contributed by atoms with E-state index in [9.17, 15) is 15.0 Å². The summed E-state index contributed by atoms with van der Waals surface area (Å²) in [4.78, 5) is 12.2. The minimum atomic E-state index is -0.468. The average Bonchev–Trinajstić information content (AvgIpc) is 2.11. The fourth-order valence-electron chi connectivity index (χ4n) is 2.50. The van der Waals surface area contributed by atoms with Crippen molar-refractivity contribution in [2.45, 2.75) is 46.6 Å². The lowest BCUT2D eigenvalue weighted by molar-refractivity contribution is 0.0886. The SMILES string of the molecule is CC(C)(C)CC(C)(C)NC(=O)c1c(O)cccc1O. The molecule has 1 amide bonds. The molecule has 4 heteroatoms. The van der Waals surface area contributed by atoms with E-state index >= 15 is 0 Å². The number of rotatable bonds is 3. The Balaban J connectivity index is 2.91. The van der Waals surface area contributed by atoms with E-state index in [0.717, 1.165) is 6.42 Å². The van der Waals surface area contributed by atoms with E-state index in [2.05, 4.69) is 26.1 Å². The first kappa shape index (κ1) is 15.3. The fourth-order valence-corrected chi connectivity index (χ4v) is 2.50. The number of carbonyl (C=O) groups is 1. The number of aromatic hydroxyl groups is 2. The van der Waals surface area contributed by atoms with Crippen molar-refractivity contribution in [1.29, 1.82) is 0 Å². The molecule has 0 saturated heterocycles. The lowest BCUT2D eigenvalue weighted by atomic mass is 9.81. The van der Waals surface area contributed by atoms with E-state index in [1.165, 1.54) is 18.2 Å². The summed E-state index contributed by atoms with van der Waals surface area (Å²) in [5, 5.41) is 22.2. The van der Waals surface area contributed by atoms with Gasteiger partial charge in [-0.2, -0.15) is 0 Å². The topological polar surface area (TPSA) is 69.6 Å². The number of phenols is 2. The molecule has 3 N–H and O–H groups in total. The molecule has 0 fully saturated rings. The van der Waals surface area contributed by atoms with Crippen LogP contribution in [0.25, 0.3) is 0 Å². The van der Waals surface area contributed by atoms with Crippen LogP contribution in [-0.4, -0.2) is 21.7 Å². The minimum Gasteiger partial charge on any atom is -0.507 e. The molecule has 0 aliphatic heterocycles. The molecule has 0 aromatic heterocycles. The van der Waals surface area contributed by atoms with Crippen LogP contribution >= 0.6 is 0 Å². The largest absolute Gasteiger partial charge is 0.507 e. The molecule has 4 nitrogen and oxygen atoms in total. The first-order valence-corrected chi connectivity index (χ1v) is 6.35. The molecule has 0 saturated carbocycles. The van der Waals surface area contributed by atoms with Crippen molar-refractivity contribution in [3.8, 4) is 11.5 Å². The molecular formula is C15H23NO3. The third kappa shape index (κ3) is 4.47. The van der Waals surface area contributed by atoms with Gasteiger partial charge in [-0.15, -0.1) is 0 Å². The zero-order valence-electron chi connectivity index (χ0n) is 12.2. The Hall–Kier alpha value is -1.71. The van der Waals surface area contributed by atoms with Crippen molar-refractivity contribution in [3.63, 3.8) is 0 Å². The molecule has 0 atom stereocenters.